The van der Waals surface area contributed by atoms with Crippen LogP contribution in [0.4, 0.5) is 11.9 Å². The first-order valence-corrected chi connectivity index (χ1v) is 11.0. The van der Waals surface area contributed by atoms with E-state index in [9.17, 15) is 5.11 Å². The van der Waals surface area contributed by atoms with Crippen molar-refractivity contribution in [1.29, 1.82) is 0 Å². The summed E-state index contributed by atoms with van der Waals surface area (Å²) in [5.74, 6) is 3.67. The lowest BCUT2D eigenvalue weighted by molar-refractivity contribution is 0.0398. The zero-order valence-electron chi connectivity index (χ0n) is 17.6. The third-order valence-corrected chi connectivity index (χ3v) is 7.29. The number of rotatable bonds is 5. The number of fused-ring (bicyclic) bond motifs is 2. The van der Waals surface area contributed by atoms with Crippen LogP contribution in [0, 0.1) is 17.8 Å². The lowest BCUT2D eigenvalue weighted by Crippen LogP contribution is -2.38. The maximum absolute atomic E-state index is 10.1. The number of β-amino-alcohol motifs (C(OH)–C–C–N with tert-alkyl or cyclic N) is 1. The van der Waals surface area contributed by atoms with Gasteiger partial charge in [-0.1, -0.05) is 0 Å². The normalized spacial score (nSPS) is 32.2. The molecule has 3 aliphatic heterocycles. The molecule has 3 saturated heterocycles. The van der Waals surface area contributed by atoms with Crippen LogP contribution in [0.5, 0.6) is 0 Å². The summed E-state index contributed by atoms with van der Waals surface area (Å²) in [5.41, 5.74) is 7.95. The Balaban J connectivity index is 1.29. The van der Waals surface area contributed by atoms with Crippen molar-refractivity contribution >= 4 is 11.9 Å². The van der Waals surface area contributed by atoms with E-state index in [0.717, 1.165) is 55.0 Å². The predicted octanol–water partition coefficient (Wildman–Crippen LogP) is 1.53. The van der Waals surface area contributed by atoms with E-state index < -0.39 is 5.60 Å². The molecule has 0 aromatic carbocycles. The number of nitrogens with two attached hydrogens (primary N) is 1. The first kappa shape index (κ1) is 18.4. The van der Waals surface area contributed by atoms with Gasteiger partial charge in [-0.05, 0) is 50.5 Å². The van der Waals surface area contributed by atoms with E-state index in [4.69, 9.17) is 15.7 Å². The maximum Gasteiger partial charge on any atom is 0.226 e. The Morgan fingerprint density at radius 2 is 1.80 bits per heavy atom. The molecule has 3 N–H and O–H groups in total. The minimum absolute atomic E-state index is 0.275. The second-order valence-corrected chi connectivity index (χ2v) is 10.3. The van der Waals surface area contributed by atoms with Crippen LogP contribution in [0.25, 0.3) is 11.3 Å². The zero-order valence-corrected chi connectivity index (χ0v) is 17.6. The second-order valence-electron chi connectivity index (χ2n) is 10.3. The molecule has 2 saturated carbocycles. The first-order chi connectivity index (χ1) is 14.3. The SMILES string of the molecule is CC(C)(O)CN1C[C@@H]2C(c3cc(-c4cnc(N)nc4)nc(N4CC5CC4C5)n3)[C@@H]2C1. The highest BCUT2D eigenvalue weighted by Crippen LogP contribution is 2.58. The molecule has 7 rings (SSSR count). The Bertz CT molecular complexity index is 954. The molecule has 5 heterocycles. The van der Waals surface area contributed by atoms with E-state index in [2.05, 4.69) is 25.8 Å². The summed E-state index contributed by atoms with van der Waals surface area (Å²) < 4.78 is 0. The number of likely N-dealkylation sites (tertiary alicyclic amines) is 1. The molecule has 2 bridgehead atoms. The molecule has 0 spiro atoms. The van der Waals surface area contributed by atoms with E-state index >= 15 is 0 Å². The number of aromatic nitrogens is 4. The quantitative estimate of drug-likeness (QED) is 0.769. The molecule has 0 amide bonds. The minimum Gasteiger partial charge on any atom is -0.389 e. The van der Waals surface area contributed by atoms with Crippen molar-refractivity contribution in [2.75, 3.05) is 36.8 Å². The lowest BCUT2D eigenvalue weighted by Gasteiger charge is -2.27. The fourth-order valence-electron chi connectivity index (χ4n) is 5.88. The topological polar surface area (TPSA) is 104 Å². The largest absolute Gasteiger partial charge is 0.389 e. The predicted molar refractivity (Wildman–Crippen MR) is 114 cm³/mol. The Morgan fingerprint density at radius 3 is 2.40 bits per heavy atom. The molecular formula is C22H29N7O. The van der Waals surface area contributed by atoms with Gasteiger partial charge in [0.15, 0.2) is 0 Å². The van der Waals surface area contributed by atoms with E-state index in [1.807, 2.05) is 13.8 Å². The van der Waals surface area contributed by atoms with Crippen LogP contribution in [0.15, 0.2) is 18.5 Å². The van der Waals surface area contributed by atoms with Gasteiger partial charge in [-0.25, -0.2) is 19.9 Å². The maximum atomic E-state index is 10.1. The van der Waals surface area contributed by atoms with Crippen LogP contribution in [-0.4, -0.2) is 67.8 Å². The standard InChI is InChI=1S/C22H29N7O/c1-22(2,30)11-28-9-15-16(10-28)19(15)18-5-17(13-6-24-20(23)25-7-13)26-21(27-18)29-8-12-3-14(29)4-12/h5-7,12,14-16,19,30H,3-4,8-11H2,1-2H3,(H2,23,24,25)/t12?,14?,15-,16+,19?. The second kappa shape index (κ2) is 6.34. The van der Waals surface area contributed by atoms with Crippen molar-refractivity contribution in [3.8, 4) is 11.3 Å². The van der Waals surface area contributed by atoms with Crippen molar-refractivity contribution < 1.29 is 5.11 Å². The van der Waals surface area contributed by atoms with Gasteiger partial charge < -0.3 is 15.7 Å². The van der Waals surface area contributed by atoms with E-state index in [1.165, 1.54) is 12.8 Å². The highest BCUT2D eigenvalue weighted by atomic mass is 16.3. The zero-order chi connectivity index (χ0) is 20.6. The van der Waals surface area contributed by atoms with Crippen LogP contribution in [0.2, 0.25) is 0 Å². The molecule has 5 fully saturated rings. The van der Waals surface area contributed by atoms with Crippen molar-refractivity contribution in [2.24, 2.45) is 17.8 Å². The number of nitrogen functional groups attached to an aromatic ring is 1. The number of anilines is 2. The third-order valence-electron chi connectivity index (χ3n) is 7.29. The molecule has 1 unspecified atom stereocenters. The van der Waals surface area contributed by atoms with E-state index in [-0.39, 0.29) is 5.95 Å². The van der Waals surface area contributed by atoms with Crippen LogP contribution < -0.4 is 10.6 Å². The lowest BCUT2D eigenvalue weighted by atomic mass is 9.86. The Morgan fingerprint density at radius 1 is 1.10 bits per heavy atom. The van der Waals surface area contributed by atoms with Gasteiger partial charge in [0.2, 0.25) is 11.9 Å². The smallest absolute Gasteiger partial charge is 0.226 e. The van der Waals surface area contributed by atoms with Gasteiger partial charge in [-0.2, -0.15) is 0 Å². The van der Waals surface area contributed by atoms with Gasteiger partial charge in [0.05, 0.1) is 17.0 Å². The Kier molecular flexibility index (Phi) is 3.90. The summed E-state index contributed by atoms with van der Waals surface area (Å²) >= 11 is 0. The van der Waals surface area contributed by atoms with E-state index in [0.29, 0.717) is 23.8 Å². The number of hydrogen-bond acceptors (Lipinski definition) is 8. The van der Waals surface area contributed by atoms with Crippen LogP contribution >= 0.6 is 0 Å². The van der Waals surface area contributed by atoms with Crippen molar-refractivity contribution in [2.45, 2.75) is 44.2 Å². The molecule has 2 aliphatic carbocycles. The van der Waals surface area contributed by atoms with Crippen molar-refractivity contribution in [3.05, 3.63) is 24.2 Å². The summed E-state index contributed by atoms with van der Waals surface area (Å²) in [4.78, 5) is 23.1. The summed E-state index contributed by atoms with van der Waals surface area (Å²) in [6, 6.07) is 2.73. The first-order valence-electron chi connectivity index (χ1n) is 11.0. The number of piperidine rings is 1. The average Bonchev–Trinajstić information content (AvgIpc) is 3.06. The number of nitrogens with zero attached hydrogens (tertiary/aromatic N) is 6. The van der Waals surface area contributed by atoms with Crippen molar-refractivity contribution in [1.82, 2.24) is 24.8 Å². The van der Waals surface area contributed by atoms with E-state index in [1.54, 1.807) is 12.4 Å². The van der Waals surface area contributed by atoms with Crippen molar-refractivity contribution in [3.63, 3.8) is 0 Å². The van der Waals surface area contributed by atoms with Crippen LogP contribution in [0.1, 0.15) is 38.3 Å². The fourth-order valence-corrected chi connectivity index (χ4v) is 5.88. The highest BCUT2D eigenvalue weighted by molar-refractivity contribution is 5.61. The average molecular weight is 408 g/mol. The van der Waals surface area contributed by atoms with Gasteiger partial charge in [0, 0.05) is 56.1 Å². The molecule has 30 heavy (non-hydrogen) atoms. The molecule has 8 heteroatoms. The van der Waals surface area contributed by atoms with Gasteiger partial charge >= 0.3 is 0 Å². The Hall–Kier alpha value is -2.32. The molecule has 5 aliphatic rings. The highest BCUT2D eigenvalue weighted by Gasteiger charge is 2.57. The third kappa shape index (κ3) is 3.13. The summed E-state index contributed by atoms with van der Waals surface area (Å²) in [6.07, 6.45) is 6.05. The molecule has 2 aromatic rings. The van der Waals surface area contributed by atoms with Gasteiger partial charge in [-0.15, -0.1) is 0 Å². The summed E-state index contributed by atoms with van der Waals surface area (Å²) in [6.45, 7) is 7.64. The molecule has 158 valence electrons. The fraction of sp³-hybridized carbons (Fsp3) is 0.636. The molecule has 8 nitrogen and oxygen atoms in total. The molecule has 3 atom stereocenters. The number of aliphatic hydroxyl groups is 1. The monoisotopic (exact) mass is 407 g/mol. The van der Waals surface area contributed by atoms with Crippen LogP contribution in [0.3, 0.4) is 0 Å². The molecule has 2 aromatic heterocycles. The van der Waals surface area contributed by atoms with Gasteiger partial charge in [0.25, 0.3) is 0 Å². The molecule has 0 radical (unpaired) electrons. The minimum atomic E-state index is -0.646. The van der Waals surface area contributed by atoms with Crippen LogP contribution in [-0.2, 0) is 0 Å². The van der Waals surface area contributed by atoms with Gasteiger partial charge in [-0.3, -0.25) is 4.90 Å². The number of hydrogen-bond donors (Lipinski definition) is 2. The molecular weight excluding hydrogens is 378 g/mol. The van der Waals surface area contributed by atoms with Gasteiger partial charge in [0.1, 0.15) is 0 Å². The summed E-state index contributed by atoms with van der Waals surface area (Å²) in [7, 11) is 0. The summed E-state index contributed by atoms with van der Waals surface area (Å²) in [5, 5.41) is 10.1. The Labute approximate surface area is 176 Å².